The number of benzene rings is 1. The van der Waals surface area contributed by atoms with Gasteiger partial charge in [0.25, 0.3) is 0 Å². The summed E-state index contributed by atoms with van der Waals surface area (Å²) < 4.78 is 54.5. The predicted octanol–water partition coefficient (Wildman–Crippen LogP) is 4.36. The summed E-state index contributed by atoms with van der Waals surface area (Å²) in [5, 5.41) is 7.96. The molecule has 120 valence electrons. The van der Waals surface area contributed by atoms with Crippen LogP contribution in [0.25, 0.3) is 11.4 Å². The van der Waals surface area contributed by atoms with E-state index in [9.17, 15) is 17.6 Å². The first-order valence-electron chi connectivity index (χ1n) is 6.30. The first-order valence-corrected chi connectivity index (χ1v) is 7.82. The fourth-order valence-corrected chi connectivity index (χ4v) is 3.01. The molecule has 0 fully saturated rings. The van der Waals surface area contributed by atoms with Crippen LogP contribution in [0, 0.1) is 5.82 Å². The lowest BCUT2D eigenvalue weighted by Crippen LogP contribution is -2.10. The van der Waals surface area contributed by atoms with Crippen molar-refractivity contribution in [3.05, 3.63) is 29.6 Å². The van der Waals surface area contributed by atoms with Crippen molar-refractivity contribution < 1.29 is 17.6 Å². The maximum atomic E-state index is 14.0. The van der Waals surface area contributed by atoms with Gasteiger partial charge in [-0.05, 0) is 18.6 Å². The predicted molar refractivity (Wildman–Crippen MR) is 77.5 cm³/mol. The number of aromatic nitrogens is 3. The molecule has 0 unspecified atom stereocenters. The van der Waals surface area contributed by atoms with Crippen LogP contribution in [0.3, 0.4) is 0 Å². The summed E-state index contributed by atoms with van der Waals surface area (Å²) in [5.74, 6) is -0.0105. The average molecular weight is 354 g/mol. The van der Waals surface area contributed by atoms with Crippen molar-refractivity contribution in [1.82, 2.24) is 14.8 Å². The van der Waals surface area contributed by atoms with Crippen molar-refractivity contribution in [2.24, 2.45) is 7.05 Å². The zero-order chi connectivity index (χ0) is 16.3. The lowest BCUT2D eigenvalue weighted by Gasteiger charge is -2.13. The van der Waals surface area contributed by atoms with Gasteiger partial charge in [0.15, 0.2) is 11.0 Å². The maximum Gasteiger partial charge on any atom is 0.417 e. The van der Waals surface area contributed by atoms with E-state index in [1.54, 1.807) is 0 Å². The van der Waals surface area contributed by atoms with Gasteiger partial charge in [0.1, 0.15) is 5.82 Å². The Bertz CT molecular complexity index is 657. The SMILES string of the molecule is Cn1c(SCCCCl)nnc1-c1c(F)cccc1C(F)(F)F. The fraction of sp³-hybridized carbons (Fsp3) is 0.385. The molecule has 0 spiro atoms. The molecule has 0 saturated carbocycles. The summed E-state index contributed by atoms with van der Waals surface area (Å²) in [6.07, 6.45) is -3.95. The van der Waals surface area contributed by atoms with Crippen LogP contribution in [-0.4, -0.2) is 26.4 Å². The molecule has 0 aliphatic rings. The third kappa shape index (κ3) is 3.55. The van der Waals surface area contributed by atoms with Crippen LogP contribution in [0.15, 0.2) is 23.4 Å². The van der Waals surface area contributed by atoms with Gasteiger partial charge in [-0.25, -0.2) is 4.39 Å². The molecule has 9 heteroatoms. The first-order chi connectivity index (χ1) is 10.4. The normalized spacial score (nSPS) is 11.9. The summed E-state index contributed by atoms with van der Waals surface area (Å²) >= 11 is 6.88. The largest absolute Gasteiger partial charge is 0.417 e. The van der Waals surface area contributed by atoms with Crippen LogP contribution in [-0.2, 0) is 13.2 Å². The molecular formula is C13H12ClF4N3S. The van der Waals surface area contributed by atoms with Crippen molar-refractivity contribution in [2.45, 2.75) is 17.8 Å². The van der Waals surface area contributed by atoms with E-state index in [4.69, 9.17) is 11.6 Å². The van der Waals surface area contributed by atoms with Gasteiger partial charge in [-0.15, -0.1) is 21.8 Å². The second-order valence-electron chi connectivity index (χ2n) is 4.42. The minimum Gasteiger partial charge on any atom is -0.305 e. The Kier molecular flexibility index (Phi) is 5.33. The Labute approximate surface area is 133 Å². The monoisotopic (exact) mass is 353 g/mol. The van der Waals surface area contributed by atoms with Crippen molar-refractivity contribution >= 4 is 23.4 Å². The third-order valence-electron chi connectivity index (χ3n) is 2.89. The molecule has 0 atom stereocenters. The van der Waals surface area contributed by atoms with E-state index in [1.807, 2.05) is 0 Å². The van der Waals surface area contributed by atoms with Gasteiger partial charge < -0.3 is 4.57 Å². The highest BCUT2D eigenvalue weighted by Gasteiger charge is 2.36. The van der Waals surface area contributed by atoms with Crippen LogP contribution in [0.1, 0.15) is 12.0 Å². The van der Waals surface area contributed by atoms with E-state index in [0.29, 0.717) is 16.8 Å². The molecule has 22 heavy (non-hydrogen) atoms. The van der Waals surface area contributed by atoms with Crippen LogP contribution < -0.4 is 0 Å². The van der Waals surface area contributed by atoms with Gasteiger partial charge >= 0.3 is 6.18 Å². The summed E-state index contributed by atoms with van der Waals surface area (Å²) in [5.41, 5.74) is -1.66. The summed E-state index contributed by atoms with van der Waals surface area (Å²) in [6, 6.07) is 2.82. The summed E-state index contributed by atoms with van der Waals surface area (Å²) in [6.45, 7) is 0. The topological polar surface area (TPSA) is 30.7 Å². The fourth-order valence-electron chi connectivity index (χ4n) is 1.86. The van der Waals surface area contributed by atoms with Gasteiger partial charge in [0, 0.05) is 18.7 Å². The molecule has 0 aliphatic carbocycles. The summed E-state index contributed by atoms with van der Waals surface area (Å²) in [4.78, 5) is 0. The van der Waals surface area contributed by atoms with E-state index in [1.165, 1.54) is 23.4 Å². The van der Waals surface area contributed by atoms with Gasteiger partial charge in [-0.2, -0.15) is 13.2 Å². The van der Waals surface area contributed by atoms with Crippen molar-refractivity contribution in [3.8, 4) is 11.4 Å². The molecule has 3 nitrogen and oxygen atoms in total. The molecule has 0 bridgehead atoms. The number of nitrogens with zero attached hydrogens (tertiary/aromatic N) is 3. The van der Waals surface area contributed by atoms with Crippen LogP contribution in [0.5, 0.6) is 0 Å². The number of hydrogen-bond donors (Lipinski definition) is 0. The third-order valence-corrected chi connectivity index (χ3v) is 4.26. The lowest BCUT2D eigenvalue weighted by molar-refractivity contribution is -0.137. The maximum absolute atomic E-state index is 14.0. The first kappa shape index (κ1) is 17.1. The number of halogens is 5. The zero-order valence-corrected chi connectivity index (χ0v) is 13.1. The lowest BCUT2D eigenvalue weighted by atomic mass is 10.1. The molecule has 1 aromatic heterocycles. The number of thioether (sulfide) groups is 1. The second-order valence-corrected chi connectivity index (χ2v) is 5.86. The van der Waals surface area contributed by atoms with E-state index in [0.717, 1.165) is 24.6 Å². The minimum atomic E-state index is -4.67. The van der Waals surface area contributed by atoms with Gasteiger partial charge in [-0.1, -0.05) is 17.8 Å². The Morgan fingerprint density at radius 2 is 2.00 bits per heavy atom. The second kappa shape index (κ2) is 6.87. The van der Waals surface area contributed by atoms with Crippen LogP contribution >= 0.6 is 23.4 Å². The molecule has 0 saturated heterocycles. The Morgan fingerprint density at radius 1 is 1.27 bits per heavy atom. The molecule has 0 amide bonds. The molecule has 1 heterocycles. The molecule has 0 N–H and O–H groups in total. The summed E-state index contributed by atoms with van der Waals surface area (Å²) in [7, 11) is 1.50. The highest BCUT2D eigenvalue weighted by atomic mass is 35.5. The number of rotatable bonds is 5. The number of alkyl halides is 4. The van der Waals surface area contributed by atoms with E-state index in [-0.39, 0.29) is 5.82 Å². The molecule has 0 aliphatic heterocycles. The average Bonchev–Trinajstić information content (AvgIpc) is 2.79. The molecule has 1 aromatic carbocycles. The van der Waals surface area contributed by atoms with Crippen molar-refractivity contribution in [2.75, 3.05) is 11.6 Å². The molecule has 2 rings (SSSR count). The quantitative estimate of drug-likeness (QED) is 0.346. The van der Waals surface area contributed by atoms with Gasteiger partial charge in [0.2, 0.25) is 0 Å². The zero-order valence-electron chi connectivity index (χ0n) is 11.5. The Morgan fingerprint density at radius 3 is 2.64 bits per heavy atom. The van der Waals surface area contributed by atoms with Gasteiger partial charge in [0.05, 0.1) is 11.1 Å². The highest BCUT2D eigenvalue weighted by Crippen LogP contribution is 2.38. The Balaban J connectivity index is 2.45. The molecule has 2 aromatic rings. The van der Waals surface area contributed by atoms with Crippen LogP contribution in [0.2, 0.25) is 0 Å². The van der Waals surface area contributed by atoms with Crippen molar-refractivity contribution in [1.29, 1.82) is 0 Å². The Hall–Kier alpha value is -1.28. The van der Waals surface area contributed by atoms with Crippen LogP contribution in [0.4, 0.5) is 17.6 Å². The standard InChI is InChI=1S/C13H12ClF4N3S/c1-21-11(19-20-12(21)22-7-3-6-14)10-8(13(16,17)18)4-2-5-9(10)15/h2,4-5H,3,6-7H2,1H3. The highest BCUT2D eigenvalue weighted by molar-refractivity contribution is 7.99. The smallest absolute Gasteiger partial charge is 0.305 e. The van der Waals surface area contributed by atoms with E-state index >= 15 is 0 Å². The van der Waals surface area contributed by atoms with E-state index in [2.05, 4.69) is 10.2 Å². The van der Waals surface area contributed by atoms with Crippen molar-refractivity contribution in [3.63, 3.8) is 0 Å². The van der Waals surface area contributed by atoms with Gasteiger partial charge in [-0.3, -0.25) is 0 Å². The number of hydrogen-bond acceptors (Lipinski definition) is 3. The minimum absolute atomic E-state index is 0.154. The molecule has 0 radical (unpaired) electrons. The molecular weight excluding hydrogens is 342 g/mol. The van der Waals surface area contributed by atoms with E-state index < -0.39 is 23.1 Å².